The summed E-state index contributed by atoms with van der Waals surface area (Å²) in [6.45, 7) is 5.86. The fourth-order valence-electron chi connectivity index (χ4n) is 2.06. The number of rotatable bonds is 8. The Labute approximate surface area is 126 Å². The summed E-state index contributed by atoms with van der Waals surface area (Å²) < 4.78 is 7.64. The second-order valence-corrected chi connectivity index (χ2v) is 5.71. The van der Waals surface area contributed by atoms with E-state index in [4.69, 9.17) is 4.74 Å². The SMILES string of the molecule is CC(C)CCOc1ccc(C(O)CCn2ccnc2)cc1. The van der Waals surface area contributed by atoms with E-state index in [-0.39, 0.29) is 0 Å². The topological polar surface area (TPSA) is 47.3 Å². The van der Waals surface area contributed by atoms with Gasteiger partial charge < -0.3 is 14.4 Å². The molecule has 2 rings (SSSR count). The number of hydrogen-bond donors (Lipinski definition) is 1. The van der Waals surface area contributed by atoms with Crippen molar-refractivity contribution in [1.29, 1.82) is 0 Å². The number of aromatic nitrogens is 2. The smallest absolute Gasteiger partial charge is 0.119 e. The van der Waals surface area contributed by atoms with Crippen molar-refractivity contribution in [2.45, 2.75) is 39.3 Å². The van der Waals surface area contributed by atoms with E-state index in [1.54, 1.807) is 12.5 Å². The number of aliphatic hydroxyl groups is 1. The Bertz CT molecular complexity index is 506. The highest BCUT2D eigenvalue weighted by Crippen LogP contribution is 2.21. The first kappa shape index (κ1) is 15.6. The van der Waals surface area contributed by atoms with Gasteiger partial charge in [-0.2, -0.15) is 0 Å². The zero-order valence-corrected chi connectivity index (χ0v) is 12.8. The van der Waals surface area contributed by atoms with Gasteiger partial charge in [0.25, 0.3) is 0 Å². The number of ether oxygens (including phenoxy) is 1. The molecule has 0 bridgehead atoms. The number of aryl methyl sites for hydroxylation is 1. The van der Waals surface area contributed by atoms with E-state index < -0.39 is 6.10 Å². The van der Waals surface area contributed by atoms with Crippen molar-refractivity contribution in [3.05, 3.63) is 48.5 Å². The van der Waals surface area contributed by atoms with Gasteiger partial charge in [-0.15, -0.1) is 0 Å². The third-order valence-corrected chi connectivity index (χ3v) is 3.45. The molecule has 0 fully saturated rings. The van der Waals surface area contributed by atoms with Crippen LogP contribution in [0.4, 0.5) is 0 Å². The van der Waals surface area contributed by atoms with Crippen LogP contribution < -0.4 is 4.74 Å². The van der Waals surface area contributed by atoms with Gasteiger partial charge in [0.15, 0.2) is 0 Å². The van der Waals surface area contributed by atoms with Gasteiger partial charge in [0.1, 0.15) is 5.75 Å². The van der Waals surface area contributed by atoms with Gasteiger partial charge in [0.05, 0.1) is 19.0 Å². The molecular weight excluding hydrogens is 264 g/mol. The van der Waals surface area contributed by atoms with Crippen LogP contribution in [-0.2, 0) is 6.54 Å². The van der Waals surface area contributed by atoms with E-state index >= 15 is 0 Å². The predicted molar refractivity (Wildman–Crippen MR) is 83.2 cm³/mol. The molecule has 0 aliphatic carbocycles. The van der Waals surface area contributed by atoms with Gasteiger partial charge in [0.2, 0.25) is 0 Å². The minimum Gasteiger partial charge on any atom is -0.494 e. The van der Waals surface area contributed by atoms with Gasteiger partial charge in [-0.3, -0.25) is 0 Å². The van der Waals surface area contributed by atoms with Crippen LogP contribution in [-0.4, -0.2) is 21.3 Å². The molecule has 0 saturated carbocycles. The van der Waals surface area contributed by atoms with Gasteiger partial charge >= 0.3 is 0 Å². The lowest BCUT2D eigenvalue weighted by atomic mass is 10.1. The fraction of sp³-hybridized carbons (Fsp3) is 0.471. The van der Waals surface area contributed by atoms with E-state index in [2.05, 4.69) is 18.8 Å². The summed E-state index contributed by atoms with van der Waals surface area (Å²) in [7, 11) is 0. The summed E-state index contributed by atoms with van der Waals surface area (Å²) in [5, 5.41) is 10.2. The van der Waals surface area contributed by atoms with Crippen molar-refractivity contribution in [3.8, 4) is 5.75 Å². The minimum absolute atomic E-state index is 0.461. The third kappa shape index (κ3) is 5.23. The van der Waals surface area contributed by atoms with Gasteiger partial charge in [-0.25, -0.2) is 4.98 Å². The van der Waals surface area contributed by atoms with Gasteiger partial charge in [-0.1, -0.05) is 26.0 Å². The summed E-state index contributed by atoms with van der Waals surface area (Å²) in [4.78, 5) is 3.99. The molecule has 1 N–H and O–H groups in total. The van der Waals surface area contributed by atoms with Gasteiger partial charge in [0, 0.05) is 18.9 Å². The zero-order valence-electron chi connectivity index (χ0n) is 12.8. The second kappa shape index (κ2) is 7.84. The summed E-state index contributed by atoms with van der Waals surface area (Å²) in [5.74, 6) is 1.51. The molecule has 1 aromatic carbocycles. The molecule has 21 heavy (non-hydrogen) atoms. The van der Waals surface area contributed by atoms with Gasteiger partial charge in [-0.05, 0) is 36.5 Å². The molecule has 1 heterocycles. The monoisotopic (exact) mass is 288 g/mol. The highest BCUT2D eigenvalue weighted by Gasteiger charge is 2.08. The lowest BCUT2D eigenvalue weighted by Gasteiger charge is -2.13. The number of benzene rings is 1. The Morgan fingerprint density at radius 2 is 1.95 bits per heavy atom. The molecule has 4 nitrogen and oxygen atoms in total. The Balaban J connectivity index is 1.80. The van der Waals surface area contributed by atoms with Crippen molar-refractivity contribution in [2.24, 2.45) is 5.92 Å². The minimum atomic E-state index is -0.461. The van der Waals surface area contributed by atoms with Crippen molar-refractivity contribution >= 4 is 0 Å². The lowest BCUT2D eigenvalue weighted by molar-refractivity contribution is 0.161. The molecular formula is C17H24N2O2. The quantitative estimate of drug-likeness (QED) is 0.809. The Kier molecular flexibility index (Phi) is 5.81. The molecule has 1 unspecified atom stereocenters. The molecule has 114 valence electrons. The van der Waals surface area contributed by atoms with Crippen molar-refractivity contribution in [1.82, 2.24) is 9.55 Å². The maximum atomic E-state index is 10.2. The largest absolute Gasteiger partial charge is 0.494 e. The standard InChI is InChI=1S/C17H24N2O2/c1-14(2)8-12-21-16-5-3-15(4-6-16)17(20)7-10-19-11-9-18-13-19/h3-6,9,11,13-14,17,20H,7-8,10,12H2,1-2H3. The maximum absolute atomic E-state index is 10.2. The molecule has 2 aromatic rings. The van der Waals surface area contributed by atoms with Crippen molar-refractivity contribution < 1.29 is 9.84 Å². The van der Waals surface area contributed by atoms with Crippen LogP contribution in [0, 0.1) is 5.92 Å². The summed E-state index contributed by atoms with van der Waals surface area (Å²) in [6.07, 6.45) is 6.67. The van der Waals surface area contributed by atoms with Crippen LogP contribution in [0.15, 0.2) is 43.0 Å². The maximum Gasteiger partial charge on any atom is 0.119 e. The Morgan fingerprint density at radius 3 is 2.57 bits per heavy atom. The van der Waals surface area contributed by atoms with E-state index in [1.165, 1.54) is 0 Å². The van der Waals surface area contributed by atoms with E-state index in [0.29, 0.717) is 12.3 Å². The number of aliphatic hydroxyl groups excluding tert-OH is 1. The van der Waals surface area contributed by atoms with Crippen LogP contribution >= 0.6 is 0 Å². The van der Waals surface area contributed by atoms with Crippen LogP contribution in [0.3, 0.4) is 0 Å². The highest BCUT2D eigenvalue weighted by molar-refractivity contribution is 5.28. The van der Waals surface area contributed by atoms with Crippen LogP contribution in [0.5, 0.6) is 5.75 Å². The number of nitrogens with zero attached hydrogens (tertiary/aromatic N) is 2. The number of imidazole rings is 1. The third-order valence-electron chi connectivity index (χ3n) is 3.45. The molecule has 0 saturated heterocycles. The van der Waals surface area contributed by atoms with E-state index in [9.17, 15) is 5.11 Å². The summed E-state index contributed by atoms with van der Waals surface area (Å²) in [5.41, 5.74) is 0.923. The second-order valence-electron chi connectivity index (χ2n) is 5.71. The van der Waals surface area contributed by atoms with E-state index in [1.807, 2.05) is 35.0 Å². The first-order valence-electron chi connectivity index (χ1n) is 7.51. The molecule has 4 heteroatoms. The predicted octanol–water partition coefficient (Wildman–Crippen LogP) is 3.43. The first-order chi connectivity index (χ1) is 10.1. The van der Waals surface area contributed by atoms with Crippen molar-refractivity contribution in [2.75, 3.05) is 6.61 Å². The first-order valence-corrected chi connectivity index (χ1v) is 7.51. The Hall–Kier alpha value is -1.81. The van der Waals surface area contributed by atoms with Crippen molar-refractivity contribution in [3.63, 3.8) is 0 Å². The highest BCUT2D eigenvalue weighted by atomic mass is 16.5. The molecule has 0 radical (unpaired) electrons. The molecule has 0 aliphatic rings. The molecule has 0 aliphatic heterocycles. The fourth-order valence-corrected chi connectivity index (χ4v) is 2.06. The Morgan fingerprint density at radius 1 is 1.19 bits per heavy atom. The average Bonchev–Trinajstić information content (AvgIpc) is 2.98. The van der Waals surface area contributed by atoms with E-state index in [0.717, 1.165) is 30.9 Å². The van der Waals surface area contributed by atoms with Crippen LogP contribution in [0.25, 0.3) is 0 Å². The normalized spacial score (nSPS) is 12.6. The van der Waals surface area contributed by atoms with Crippen LogP contribution in [0.1, 0.15) is 38.4 Å². The number of hydrogen-bond acceptors (Lipinski definition) is 3. The summed E-state index contributed by atoms with van der Waals surface area (Å²) in [6, 6.07) is 7.72. The molecule has 0 amide bonds. The lowest BCUT2D eigenvalue weighted by Crippen LogP contribution is -2.04. The molecule has 1 atom stereocenters. The zero-order chi connectivity index (χ0) is 15.1. The van der Waals surface area contributed by atoms with Crippen LogP contribution in [0.2, 0.25) is 0 Å². The average molecular weight is 288 g/mol. The molecule has 1 aromatic heterocycles. The molecule has 0 spiro atoms. The summed E-state index contributed by atoms with van der Waals surface area (Å²) >= 11 is 0.